The predicted molar refractivity (Wildman–Crippen MR) is 93.1 cm³/mol. The fourth-order valence-corrected chi connectivity index (χ4v) is 3.09. The molecule has 1 amide bonds. The highest BCUT2D eigenvalue weighted by atomic mass is 16.5. The Hall–Kier alpha value is -2.60. The van der Waals surface area contributed by atoms with Crippen LogP contribution in [0.25, 0.3) is 0 Å². The summed E-state index contributed by atoms with van der Waals surface area (Å²) in [5, 5.41) is 3.08. The predicted octanol–water partition coefficient (Wildman–Crippen LogP) is 2.09. The molecule has 0 saturated carbocycles. The van der Waals surface area contributed by atoms with Gasteiger partial charge in [-0.3, -0.25) is 9.78 Å². The number of pyridine rings is 1. The van der Waals surface area contributed by atoms with E-state index in [1.165, 1.54) is 12.7 Å². The molecule has 2 aromatic rings. The minimum atomic E-state index is -0.189. The van der Waals surface area contributed by atoms with Crippen molar-refractivity contribution >= 4 is 5.91 Å². The van der Waals surface area contributed by atoms with Gasteiger partial charge in [0, 0.05) is 18.3 Å². The lowest BCUT2D eigenvalue weighted by molar-refractivity contribution is 0.0921. The highest BCUT2D eigenvalue weighted by molar-refractivity contribution is 5.98. The van der Waals surface area contributed by atoms with Gasteiger partial charge in [-0.25, -0.2) is 0 Å². The van der Waals surface area contributed by atoms with E-state index in [9.17, 15) is 4.79 Å². The maximum absolute atomic E-state index is 12.7. The van der Waals surface area contributed by atoms with E-state index >= 15 is 0 Å². The van der Waals surface area contributed by atoms with Crippen LogP contribution in [0.5, 0.6) is 11.5 Å². The summed E-state index contributed by atoms with van der Waals surface area (Å²) in [4.78, 5) is 16.8. The van der Waals surface area contributed by atoms with Crippen molar-refractivity contribution in [1.29, 1.82) is 0 Å². The quantitative estimate of drug-likeness (QED) is 0.870. The number of carbonyl (C=O) groups excluding carboxylic acids is 1. The summed E-state index contributed by atoms with van der Waals surface area (Å²) in [6, 6.07) is 9.20. The highest BCUT2D eigenvalue weighted by Gasteiger charge is 2.30. The van der Waals surface area contributed by atoms with Gasteiger partial charge < -0.3 is 19.5 Å². The van der Waals surface area contributed by atoms with E-state index in [-0.39, 0.29) is 17.9 Å². The van der Waals surface area contributed by atoms with Gasteiger partial charge in [0.05, 0.1) is 39.0 Å². The Kier molecular flexibility index (Phi) is 5.50. The smallest absolute Gasteiger partial charge is 0.255 e. The van der Waals surface area contributed by atoms with Crippen LogP contribution in [0.15, 0.2) is 42.7 Å². The molecule has 1 aromatic heterocycles. The molecule has 6 nitrogen and oxygen atoms in total. The molecule has 132 valence electrons. The third-order valence-corrected chi connectivity index (χ3v) is 4.41. The zero-order chi connectivity index (χ0) is 17.6. The molecule has 1 aromatic carbocycles. The van der Waals surface area contributed by atoms with Crippen molar-refractivity contribution in [2.45, 2.75) is 12.5 Å². The zero-order valence-electron chi connectivity index (χ0n) is 14.4. The van der Waals surface area contributed by atoms with E-state index in [2.05, 4.69) is 10.3 Å². The topological polar surface area (TPSA) is 69.7 Å². The molecule has 0 unspecified atom stereocenters. The summed E-state index contributed by atoms with van der Waals surface area (Å²) in [6.07, 6.45) is 4.39. The van der Waals surface area contributed by atoms with Gasteiger partial charge in [-0.2, -0.15) is 0 Å². The van der Waals surface area contributed by atoms with Gasteiger partial charge in [-0.1, -0.05) is 6.07 Å². The van der Waals surface area contributed by atoms with Crippen LogP contribution in [0.2, 0.25) is 0 Å². The van der Waals surface area contributed by atoms with Crippen LogP contribution in [0.3, 0.4) is 0 Å². The average molecular weight is 342 g/mol. The first kappa shape index (κ1) is 17.2. The number of rotatable bonds is 6. The summed E-state index contributed by atoms with van der Waals surface area (Å²) in [5.41, 5.74) is 1.64. The van der Waals surface area contributed by atoms with Crippen molar-refractivity contribution in [1.82, 2.24) is 10.3 Å². The van der Waals surface area contributed by atoms with Gasteiger partial charge in [-0.05, 0) is 36.2 Å². The third kappa shape index (κ3) is 3.91. The lowest BCUT2D eigenvalue weighted by atomic mass is 9.95. The Morgan fingerprint density at radius 3 is 2.72 bits per heavy atom. The molecule has 6 heteroatoms. The number of para-hydroxylation sites is 1. The van der Waals surface area contributed by atoms with Crippen LogP contribution in [-0.4, -0.2) is 44.4 Å². The lowest BCUT2D eigenvalue weighted by Gasteiger charge is -2.20. The summed E-state index contributed by atoms with van der Waals surface area (Å²) >= 11 is 0. The molecular formula is C19H22N2O4. The van der Waals surface area contributed by atoms with Crippen LogP contribution in [0.1, 0.15) is 15.9 Å². The molecule has 0 spiro atoms. The molecule has 0 bridgehead atoms. The zero-order valence-corrected chi connectivity index (χ0v) is 14.4. The number of methoxy groups -OCH3 is 2. The Balaban J connectivity index is 1.72. The molecule has 1 aliphatic rings. The molecular weight excluding hydrogens is 320 g/mol. The van der Waals surface area contributed by atoms with E-state index in [1.807, 2.05) is 12.1 Å². The van der Waals surface area contributed by atoms with E-state index in [0.29, 0.717) is 30.3 Å². The number of nitrogens with one attached hydrogen (secondary N) is 1. The number of ether oxygens (including phenoxy) is 3. The fourth-order valence-electron chi connectivity index (χ4n) is 3.09. The molecule has 0 radical (unpaired) electrons. The normalized spacial score (nSPS) is 19.4. The average Bonchev–Trinajstić information content (AvgIpc) is 3.08. The van der Waals surface area contributed by atoms with Gasteiger partial charge in [-0.15, -0.1) is 0 Å². The molecule has 3 rings (SSSR count). The second kappa shape index (κ2) is 7.98. The Labute approximate surface area is 147 Å². The Morgan fingerprint density at radius 2 is 2.00 bits per heavy atom. The lowest BCUT2D eigenvalue weighted by Crippen LogP contribution is -2.40. The number of benzene rings is 1. The van der Waals surface area contributed by atoms with E-state index in [0.717, 1.165) is 6.42 Å². The molecule has 1 fully saturated rings. The van der Waals surface area contributed by atoms with Crippen molar-refractivity contribution < 1.29 is 19.0 Å². The van der Waals surface area contributed by atoms with Crippen LogP contribution < -0.4 is 14.8 Å². The first-order valence-corrected chi connectivity index (χ1v) is 8.21. The van der Waals surface area contributed by atoms with E-state index < -0.39 is 0 Å². The Morgan fingerprint density at radius 1 is 1.20 bits per heavy atom. The maximum atomic E-state index is 12.7. The molecule has 1 aliphatic heterocycles. The summed E-state index contributed by atoms with van der Waals surface area (Å²) in [5.74, 6) is 1.01. The second-order valence-electron chi connectivity index (χ2n) is 5.98. The number of amides is 1. The second-order valence-corrected chi connectivity index (χ2v) is 5.98. The summed E-state index contributed by atoms with van der Waals surface area (Å²) < 4.78 is 16.2. The van der Waals surface area contributed by atoms with E-state index in [4.69, 9.17) is 14.2 Å². The fraction of sp³-hybridized carbons (Fsp3) is 0.368. The van der Waals surface area contributed by atoms with Crippen molar-refractivity contribution in [2.75, 3.05) is 27.4 Å². The molecule has 2 heterocycles. The largest absolute Gasteiger partial charge is 0.493 e. The molecule has 2 atom stereocenters. The number of hydrogen-bond donors (Lipinski definition) is 1. The molecule has 1 N–H and O–H groups in total. The van der Waals surface area contributed by atoms with Gasteiger partial charge in [0.1, 0.15) is 0 Å². The number of hydrogen-bond acceptors (Lipinski definition) is 5. The maximum Gasteiger partial charge on any atom is 0.255 e. The van der Waals surface area contributed by atoms with Gasteiger partial charge in [0.15, 0.2) is 11.5 Å². The standard InChI is InChI=1S/C19H22N2O4/c1-23-17-5-3-4-15(18(17)24-2)19(22)21-16-12-25-11-14(16)10-13-6-8-20-9-7-13/h3-9,14,16H,10-12H2,1-2H3,(H,21,22)/t14-,16+/m1/s1. The van der Waals surface area contributed by atoms with Gasteiger partial charge in [0.25, 0.3) is 5.91 Å². The number of aromatic nitrogens is 1. The van der Waals surface area contributed by atoms with Crippen LogP contribution in [0, 0.1) is 5.92 Å². The van der Waals surface area contributed by atoms with Crippen LogP contribution in [0.4, 0.5) is 0 Å². The number of carbonyl (C=O) groups is 1. The summed E-state index contributed by atoms with van der Waals surface area (Å²) in [7, 11) is 3.08. The summed E-state index contributed by atoms with van der Waals surface area (Å²) in [6.45, 7) is 1.14. The van der Waals surface area contributed by atoms with Crippen LogP contribution >= 0.6 is 0 Å². The first-order valence-electron chi connectivity index (χ1n) is 8.21. The SMILES string of the molecule is COc1cccc(C(=O)N[C@H]2COC[C@H]2Cc2ccncc2)c1OC. The van der Waals surface area contributed by atoms with Gasteiger partial charge >= 0.3 is 0 Å². The van der Waals surface area contributed by atoms with Crippen molar-refractivity contribution in [2.24, 2.45) is 5.92 Å². The highest BCUT2D eigenvalue weighted by Crippen LogP contribution is 2.31. The molecule has 1 saturated heterocycles. The number of nitrogens with zero attached hydrogens (tertiary/aromatic N) is 1. The molecule has 25 heavy (non-hydrogen) atoms. The minimum Gasteiger partial charge on any atom is -0.493 e. The van der Waals surface area contributed by atoms with Crippen molar-refractivity contribution in [3.05, 3.63) is 53.9 Å². The first-order chi connectivity index (χ1) is 12.2. The van der Waals surface area contributed by atoms with Crippen molar-refractivity contribution in [3.8, 4) is 11.5 Å². The van der Waals surface area contributed by atoms with Crippen molar-refractivity contribution in [3.63, 3.8) is 0 Å². The van der Waals surface area contributed by atoms with Crippen LogP contribution in [-0.2, 0) is 11.2 Å². The minimum absolute atomic E-state index is 0.0448. The third-order valence-electron chi connectivity index (χ3n) is 4.41. The molecule has 0 aliphatic carbocycles. The van der Waals surface area contributed by atoms with Gasteiger partial charge in [0.2, 0.25) is 0 Å². The monoisotopic (exact) mass is 342 g/mol. The Bertz CT molecular complexity index is 721. The van der Waals surface area contributed by atoms with E-state index in [1.54, 1.807) is 37.7 Å².